The van der Waals surface area contributed by atoms with Gasteiger partial charge in [0.15, 0.2) is 6.79 Å². The monoisotopic (exact) mass is 398 g/mol. The Morgan fingerprint density at radius 2 is 1.66 bits per heavy atom. The Hall–Kier alpha value is -2.33. The SMILES string of the molecule is CCCCCCCCOc1ccc(Cc2cc(C=O)c(C)cc2OCOC)cc1. The topological polar surface area (TPSA) is 44.8 Å². The van der Waals surface area contributed by atoms with Crippen LogP contribution >= 0.6 is 0 Å². The van der Waals surface area contributed by atoms with Gasteiger partial charge in [0.2, 0.25) is 0 Å². The summed E-state index contributed by atoms with van der Waals surface area (Å²) in [5, 5.41) is 0. The van der Waals surface area contributed by atoms with Crippen LogP contribution in [-0.2, 0) is 11.2 Å². The van der Waals surface area contributed by atoms with Crippen molar-refractivity contribution in [3.05, 3.63) is 58.7 Å². The maximum Gasteiger partial charge on any atom is 0.188 e. The highest BCUT2D eigenvalue weighted by atomic mass is 16.7. The predicted octanol–water partition coefficient (Wildman–Crippen LogP) is 6.12. The van der Waals surface area contributed by atoms with Crippen LogP contribution in [-0.4, -0.2) is 26.8 Å². The lowest BCUT2D eigenvalue weighted by Crippen LogP contribution is -2.04. The van der Waals surface area contributed by atoms with Gasteiger partial charge >= 0.3 is 0 Å². The van der Waals surface area contributed by atoms with Gasteiger partial charge in [0, 0.05) is 19.1 Å². The Balaban J connectivity index is 1.92. The number of rotatable bonds is 14. The highest BCUT2D eigenvalue weighted by Crippen LogP contribution is 2.26. The number of benzene rings is 2. The van der Waals surface area contributed by atoms with E-state index in [0.717, 1.165) is 47.5 Å². The van der Waals surface area contributed by atoms with Gasteiger partial charge in [-0.3, -0.25) is 4.79 Å². The fourth-order valence-corrected chi connectivity index (χ4v) is 3.26. The van der Waals surface area contributed by atoms with E-state index in [4.69, 9.17) is 14.2 Å². The van der Waals surface area contributed by atoms with E-state index in [0.29, 0.717) is 12.0 Å². The summed E-state index contributed by atoms with van der Waals surface area (Å²) in [6, 6.07) is 12.0. The van der Waals surface area contributed by atoms with Crippen molar-refractivity contribution >= 4 is 6.29 Å². The fourth-order valence-electron chi connectivity index (χ4n) is 3.26. The molecule has 0 bridgehead atoms. The first-order valence-corrected chi connectivity index (χ1v) is 10.6. The van der Waals surface area contributed by atoms with Gasteiger partial charge in [-0.15, -0.1) is 0 Å². The number of carbonyl (C=O) groups excluding carboxylic acids is 1. The molecule has 0 unspecified atom stereocenters. The zero-order valence-electron chi connectivity index (χ0n) is 18.0. The minimum atomic E-state index is 0.179. The third-order valence-electron chi connectivity index (χ3n) is 4.99. The van der Waals surface area contributed by atoms with Crippen LogP contribution in [0.4, 0.5) is 0 Å². The van der Waals surface area contributed by atoms with E-state index in [1.165, 1.54) is 32.1 Å². The zero-order valence-corrected chi connectivity index (χ0v) is 18.0. The van der Waals surface area contributed by atoms with Gasteiger partial charge in [-0.1, -0.05) is 51.2 Å². The maximum atomic E-state index is 11.3. The summed E-state index contributed by atoms with van der Waals surface area (Å²) in [6.45, 7) is 5.09. The molecule has 4 heteroatoms. The molecule has 158 valence electrons. The first-order valence-electron chi connectivity index (χ1n) is 10.6. The van der Waals surface area contributed by atoms with Crippen LogP contribution in [0, 0.1) is 6.92 Å². The van der Waals surface area contributed by atoms with Crippen LogP contribution in [0.3, 0.4) is 0 Å². The van der Waals surface area contributed by atoms with E-state index in [-0.39, 0.29) is 6.79 Å². The maximum absolute atomic E-state index is 11.3. The minimum absolute atomic E-state index is 0.179. The van der Waals surface area contributed by atoms with E-state index in [2.05, 4.69) is 19.1 Å². The minimum Gasteiger partial charge on any atom is -0.494 e. The summed E-state index contributed by atoms with van der Waals surface area (Å²) >= 11 is 0. The van der Waals surface area contributed by atoms with E-state index in [9.17, 15) is 4.79 Å². The molecular weight excluding hydrogens is 364 g/mol. The van der Waals surface area contributed by atoms with Gasteiger partial charge in [0.1, 0.15) is 17.8 Å². The Morgan fingerprint density at radius 1 is 0.931 bits per heavy atom. The Labute approximate surface area is 175 Å². The molecule has 0 N–H and O–H groups in total. The number of hydrogen-bond acceptors (Lipinski definition) is 4. The lowest BCUT2D eigenvalue weighted by atomic mass is 9.99. The summed E-state index contributed by atoms with van der Waals surface area (Å²) in [5.74, 6) is 1.65. The number of aryl methyl sites for hydroxylation is 1. The molecule has 2 aromatic rings. The Morgan fingerprint density at radius 3 is 2.34 bits per heavy atom. The van der Waals surface area contributed by atoms with Crippen molar-refractivity contribution in [1.29, 1.82) is 0 Å². The number of unbranched alkanes of at least 4 members (excludes halogenated alkanes) is 5. The summed E-state index contributed by atoms with van der Waals surface area (Å²) in [6.07, 6.45) is 9.13. The molecule has 4 nitrogen and oxygen atoms in total. The van der Waals surface area contributed by atoms with Gasteiger partial charge in [-0.25, -0.2) is 0 Å². The molecule has 0 aliphatic heterocycles. The number of ether oxygens (including phenoxy) is 3. The molecule has 0 spiro atoms. The quantitative estimate of drug-likeness (QED) is 0.218. The smallest absolute Gasteiger partial charge is 0.188 e. The molecule has 0 aromatic heterocycles. The molecular formula is C25H34O4. The molecule has 0 aliphatic carbocycles. The molecule has 0 fully saturated rings. The Bertz CT molecular complexity index is 737. The number of methoxy groups -OCH3 is 1. The highest BCUT2D eigenvalue weighted by Gasteiger charge is 2.10. The van der Waals surface area contributed by atoms with E-state index >= 15 is 0 Å². The third kappa shape index (κ3) is 7.90. The molecule has 0 radical (unpaired) electrons. The van der Waals surface area contributed by atoms with Crippen molar-refractivity contribution < 1.29 is 19.0 Å². The molecule has 0 heterocycles. The van der Waals surface area contributed by atoms with E-state index in [1.54, 1.807) is 7.11 Å². The number of aldehydes is 1. The number of carbonyl (C=O) groups is 1. The summed E-state index contributed by atoms with van der Waals surface area (Å²) in [7, 11) is 1.59. The van der Waals surface area contributed by atoms with Crippen LogP contribution < -0.4 is 9.47 Å². The highest BCUT2D eigenvalue weighted by molar-refractivity contribution is 5.78. The van der Waals surface area contributed by atoms with Crippen molar-refractivity contribution in [1.82, 2.24) is 0 Å². The van der Waals surface area contributed by atoms with Crippen molar-refractivity contribution in [2.75, 3.05) is 20.5 Å². The van der Waals surface area contributed by atoms with Gasteiger partial charge < -0.3 is 14.2 Å². The molecule has 0 aliphatic rings. The van der Waals surface area contributed by atoms with Crippen molar-refractivity contribution in [2.45, 2.75) is 58.8 Å². The first kappa shape index (κ1) is 23.0. The lowest BCUT2D eigenvalue weighted by molar-refractivity contribution is 0.0504. The molecule has 0 saturated carbocycles. The van der Waals surface area contributed by atoms with E-state index < -0.39 is 0 Å². The molecule has 0 saturated heterocycles. The summed E-state index contributed by atoms with van der Waals surface area (Å²) < 4.78 is 16.6. The third-order valence-corrected chi connectivity index (χ3v) is 4.99. The van der Waals surface area contributed by atoms with Crippen LogP contribution in [0.25, 0.3) is 0 Å². The van der Waals surface area contributed by atoms with Gasteiger partial charge in [0.25, 0.3) is 0 Å². The normalized spacial score (nSPS) is 10.7. The van der Waals surface area contributed by atoms with Gasteiger partial charge in [-0.2, -0.15) is 0 Å². The van der Waals surface area contributed by atoms with Crippen LogP contribution in [0.5, 0.6) is 11.5 Å². The molecule has 0 atom stereocenters. The second-order valence-corrected chi connectivity index (χ2v) is 7.42. The lowest BCUT2D eigenvalue weighted by Gasteiger charge is -2.14. The predicted molar refractivity (Wildman–Crippen MR) is 117 cm³/mol. The zero-order chi connectivity index (χ0) is 20.9. The van der Waals surface area contributed by atoms with Crippen LogP contribution in [0.1, 0.15) is 72.5 Å². The molecule has 0 amide bonds. The van der Waals surface area contributed by atoms with Crippen molar-refractivity contribution in [3.63, 3.8) is 0 Å². The number of hydrogen-bond donors (Lipinski definition) is 0. The second kappa shape index (κ2) is 13.0. The van der Waals surface area contributed by atoms with Crippen LogP contribution in [0.2, 0.25) is 0 Å². The van der Waals surface area contributed by atoms with Gasteiger partial charge in [-0.05, 0) is 54.3 Å². The van der Waals surface area contributed by atoms with E-state index in [1.807, 2.05) is 31.2 Å². The first-order chi connectivity index (χ1) is 14.2. The van der Waals surface area contributed by atoms with Crippen molar-refractivity contribution in [3.8, 4) is 11.5 Å². The van der Waals surface area contributed by atoms with Gasteiger partial charge in [0.05, 0.1) is 6.61 Å². The summed E-state index contributed by atoms with van der Waals surface area (Å²) in [5.41, 5.74) is 3.69. The average molecular weight is 399 g/mol. The molecule has 29 heavy (non-hydrogen) atoms. The average Bonchev–Trinajstić information content (AvgIpc) is 2.74. The summed E-state index contributed by atoms with van der Waals surface area (Å²) in [4.78, 5) is 11.3. The fraction of sp³-hybridized carbons (Fsp3) is 0.480. The molecule has 2 aromatic carbocycles. The largest absolute Gasteiger partial charge is 0.494 e. The standard InChI is InChI=1S/C25H34O4/c1-4-5-6-7-8-9-14-28-24-12-10-21(11-13-24)16-22-17-23(18-26)20(2)15-25(22)29-19-27-3/h10-13,15,17-18H,4-9,14,16,19H2,1-3H3. The molecule has 2 rings (SSSR count). The van der Waals surface area contributed by atoms with Crippen LogP contribution in [0.15, 0.2) is 36.4 Å². The Kier molecular flexibility index (Phi) is 10.3. The second-order valence-electron chi connectivity index (χ2n) is 7.42. The van der Waals surface area contributed by atoms with Crippen molar-refractivity contribution in [2.24, 2.45) is 0 Å².